The average Bonchev–Trinajstić information content (AvgIpc) is 3.31. The van der Waals surface area contributed by atoms with E-state index in [4.69, 9.17) is 4.74 Å². The first-order chi connectivity index (χ1) is 9.86. The summed E-state index contributed by atoms with van der Waals surface area (Å²) in [5, 5.41) is 3.53. The molecule has 0 amide bonds. The summed E-state index contributed by atoms with van der Waals surface area (Å²) in [6.07, 6.45) is 2.70. The molecule has 0 heterocycles. The Balaban J connectivity index is 1.68. The van der Waals surface area contributed by atoms with Crippen LogP contribution in [-0.4, -0.2) is 7.11 Å². The normalized spacial score (nSPS) is 14.2. The van der Waals surface area contributed by atoms with Gasteiger partial charge in [0.05, 0.1) is 6.61 Å². The standard InChI is InChI=1S/C18H21NO/c1-20-13-14-5-4-7-17(11-14)19-12-16-6-2-3-8-18(16)15-9-10-15/h2-8,11,15,19H,9-10,12-13H2,1H3. The number of anilines is 1. The van der Waals surface area contributed by atoms with Crippen molar-refractivity contribution in [1.82, 2.24) is 0 Å². The first-order valence-corrected chi connectivity index (χ1v) is 7.26. The highest BCUT2D eigenvalue weighted by atomic mass is 16.5. The monoisotopic (exact) mass is 267 g/mol. The molecule has 0 saturated heterocycles. The molecule has 0 aliphatic heterocycles. The van der Waals surface area contributed by atoms with Crippen molar-refractivity contribution in [1.29, 1.82) is 0 Å². The maximum Gasteiger partial charge on any atom is 0.0713 e. The van der Waals surface area contributed by atoms with Crippen LogP contribution in [0.4, 0.5) is 5.69 Å². The Bertz CT molecular complexity index is 575. The van der Waals surface area contributed by atoms with E-state index in [2.05, 4.69) is 53.8 Å². The number of ether oxygens (including phenoxy) is 1. The third-order valence-electron chi connectivity index (χ3n) is 3.79. The highest BCUT2D eigenvalue weighted by Crippen LogP contribution is 2.41. The summed E-state index contributed by atoms with van der Waals surface area (Å²) in [4.78, 5) is 0. The van der Waals surface area contributed by atoms with Crippen LogP contribution in [0.15, 0.2) is 48.5 Å². The van der Waals surface area contributed by atoms with E-state index in [-0.39, 0.29) is 0 Å². The Morgan fingerprint density at radius 1 is 1.10 bits per heavy atom. The van der Waals surface area contributed by atoms with E-state index in [9.17, 15) is 0 Å². The van der Waals surface area contributed by atoms with E-state index in [1.165, 1.54) is 29.5 Å². The molecule has 1 N–H and O–H groups in total. The van der Waals surface area contributed by atoms with Crippen molar-refractivity contribution in [2.24, 2.45) is 0 Å². The van der Waals surface area contributed by atoms with Gasteiger partial charge in [0.2, 0.25) is 0 Å². The lowest BCUT2D eigenvalue weighted by Crippen LogP contribution is -2.02. The van der Waals surface area contributed by atoms with Crippen molar-refractivity contribution in [2.45, 2.75) is 31.9 Å². The van der Waals surface area contributed by atoms with Crippen LogP contribution in [0, 0.1) is 0 Å². The molecule has 1 aliphatic rings. The molecule has 1 aliphatic carbocycles. The van der Waals surface area contributed by atoms with Crippen molar-refractivity contribution in [3.05, 3.63) is 65.2 Å². The van der Waals surface area contributed by atoms with Crippen molar-refractivity contribution in [3.8, 4) is 0 Å². The molecular formula is C18H21NO. The lowest BCUT2D eigenvalue weighted by atomic mass is 10.0. The van der Waals surface area contributed by atoms with E-state index in [0.29, 0.717) is 6.61 Å². The Hall–Kier alpha value is -1.80. The van der Waals surface area contributed by atoms with E-state index < -0.39 is 0 Å². The summed E-state index contributed by atoms with van der Waals surface area (Å²) < 4.78 is 5.18. The van der Waals surface area contributed by atoms with Gasteiger partial charge in [-0.15, -0.1) is 0 Å². The van der Waals surface area contributed by atoms with Crippen molar-refractivity contribution in [2.75, 3.05) is 12.4 Å². The number of rotatable bonds is 6. The zero-order valence-corrected chi connectivity index (χ0v) is 11.9. The predicted octanol–water partition coefficient (Wildman–Crippen LogP) is 4.32. The van der Waals surface area contributed by atoms with Gasteiger partial charge in [-0.05, 0) is 47.6 Å². The fourth-order valence-corrected chi connectivity index (χ4v) is 2.62. The fraction of sp³-hybridized carbons (Fsp3) is 0.333. The third-order valence-corrected chi connectivity index (χ3v) is 3.79. The van der Waals surface area contributed by atoms with Gasteiger partial charge in [0.15, 0.2) is 0 Å². The quantitative estimate of drug-likeness (QED) is 0.841. The van der Waals surface area contributed by atoms with Gasteiger partial charge >= 0.3 is 0 Å². The minimum absolute atomic E-state index is 0.661. The molecule has 0 atom stereocenters. The second-order valence-electron chi connectivity index (χ2n) is 5.46. The van der Waals surface area contributed by atoms with Crippen LogP contribution in [-0.2, 0) is 17.9 Å². The number of hydrogen-bond donors (Lipinski definition) is 1. The van der Waals surface area contributed by atoms with Gasteiger partial charge in [-0.2, -0.15) is 0 Å². The van der Waals surface area contributed by atoms with Gasteiger partial charge in [0, 0.05) is 19.3 Å². The van der Waals surface area contributed by atoms with E-state index >= 15 is 0 Å². The predicted molar refractivity (Wildman–Crippen MR) is 82.9 cm³/mol. The van der Waals surface area contributed by atoms with Crippen LogP contribution in [0.25, 0.3) is 0 Å². The van der Waals surface area contributed by atoms with Crippen LogP contribution in [0.3, 0.4) is 0 Å². The number of nitrogens with one attached hydrogen (secondary N) is 1. The number of benzene rings is 2. The zero-order valence-electron chi connectivity index (χ0n) is 11.9. The van der Waals surface area contributed by atoms with Gasteiger partial charge in [-0.1, -0.05) is 36.4 Å². The van der Waals surface area contributed by atoms with Crippen molar-refractivity contribution < 1.29 is 4.74 Å². The SMILES string of the molecule is COCc1cccc(NCc2ccccc2C2CC2)c1. The first-order valence-electron chi connectivity index (χ1n) is 7.26. The summed E-state index contributed by atoms with van der Waals surface area (Å²) in [6, 6.07) is 17.2. The summed E-state index contributed by atoms with van der Waals surface area (Å²) in [7, 11) is 1.73. The van der Waals surface area contributed by atoms with Crippen LogP contribution in [0.1, 0.15) is 35.4 Å². The molecule has 2 aromatic carbocycles. The minimum Gasteiger partial charge on any atom is -0.381 e. The lowest BCUT2D eigenvalue weighted by molar-refractivity contribution is 0.185. The van der Waals surface area contributed by atoms with Gasteiger partial charge in [0.1, 0.15) is 0 Å². The smallest absolute Gasteiger partial charge is 0.0713 e. The molecule has 3 rings (SSSR count). The molecule has 1 saturated carbocycles. The maximum atomic E-state index is 5.18. The van der Waals surface area contributed by atoms with Crippen LogP contribution in [0.5, 0.6) is 0 Å². The van der Waals surface area contributed by atoms with Gasteiger partial charge in [-0.3, -0.25) is 0 Å². The Morgan fingerprint density at radius 3 is 2.75 bits per heavy atom. The molecule has 1 fully saturated rings. The largest absolute Gasteiger partial charge is 0.381 e. The fourth-order valence-electron chi connectivity index (χ4n) is 2.62. The highest BCUT2D eigenvalue weighted by Gasteiger charge is 2.25. The molecule has 2 heteroatoms. The third kappa shape index (κ3) is 3.20. The molecule has 0 aromatic heterocycles. The van der Waals surface area contributed by atoms with Gasteiger partial charge in [-0.25, -0.2) is 0 Å². The van der Waals surface area contributed by atoms with Crippen molar-refractivity contribution >= 4 is 5.69 Å². The van der Waals surface area contributed by atoms with E-state index in [0.717, 1.165) is 18.2 Å². The summed E-state index contributed by atoms with van der Waals surface area (Å²) in [5.41, 5.74) is 5.30. The van der Waals surface area contributed by atoms with E-state index in [1.54, 1.807) is 7.11 Å². The Morgan fingerprint density at radius 2 is 1.95 bits per heavy atom. The summed E-state index contributed by atoms with van der Waals surface area (Å²) in [5.74, 6) is 0.799. The molecule has 0 bridgehead atoms. The molecule has 2 aromatic rings. The number of methoxy groups -OCH3 is 1. The molecule has 2 nitrogen and oxygen atoms in total. The molecule has 104 valence electrons. The van der Waals surface area contributed by atoms with E-state index in [1.807, 2.05) is 0 Å². The highest BCUT2D eigenvalue weighted by molar-refractivity contribution is 5.47. The summed E-state index contributed by atoms with van der Waals surface area (Å²) in [6.45, 7) is 1.55. The topological polar surface area (TPSA) is 21.3 Å². The summed E-state index contributed by atoms with van der Waals surface area (Å²) >= 11 is 0. The molecular weight excluding hydrogens is 246 g/mol. The maximum absolute atomic E-state index is 5.18. The minimum atomic E-state index is 0.661. The molecule has 0 spiro atoms. The Labute approximate surface area is 120 Å². The number of hydrogen-bond acceptors (Lipinski definition) is 2. The van der Waals surface area contributed by atoms with Crippen LogP contribution >= 0.6 is 0 Å². The Kier molecular flexibility index (Phi) is 4.03. The van der Waals surface area contributed by atoms with Gasteiger partial charge < -0.3 is 10.1 Å². The molecule has 0 radical (unpaired) electrons. The van der Waals surface area contributed by atoms with Gasteiger partial charge in [0.25, 0.3) is 0 Å². The van der Waals surface area contributed by atoms with Crippen LogP contribution < -0.4 is 5.32 Å². The molecule has 20 heavy (non-hydrogen) atoms. The lowest BCUT2D eigenvalue weighted by Gasteiger charge is -2.12. The first kappa shape index (κ1) is 13.2. The zero-order chi connectivity index (χ0) is 13.8. The second-order valence-corrected chi connectivity index (χ2v) is 5.46. The molecule has 0 unspecified atom stereocenters. The van der Waals surface area contributed by atoms with Crippen LogP contribution in [0.2, 0.25) is 0 Å². The van der Waals surface area contributed by atoms with Crippen molar-refractivity contribution in [3.63, 3.8) is 0 Å². The second kappa shape index (κ2) is 6.10. The average molecular weight is 267 g/mol.